The number of benzene rings is 2. The quantitative estimate of drug-likeness (QED) is 0.628. The van der Waals surface area contributed by atoms with E-state index in [1.807, 2.05) is 49.4 Å². The van der Waals surface area contributed by atoms with E-state index in [4.69, 9.17) is 0 Å². The SMILES string of the molecule is Cc1ccc(NC(=O)CSc2nc3ccccc3s2)c(Br)c1. The number of halogens is 1. The molecule has 3 nitrogen and oxygen atoms in total. The number of fused-ring (bicyclic) bond motifs is 1. The molecule has 1 aromatic heterocycles. The average molecular weight is 393 g/mol. The number of hydrogen-bond donors (Lipinski definition) is 1. The molecule has 0 saturated carbocycles. The van der Waals surface area contributed by atoms with Crippen LogP contribution < -0.4 is 5.32 Å². The van der Waals surface area contributed by atoms with Gasteiger partial charge in [-0.05, 0) is 52.7 Å². The van der Waals surface area contributed by atoms with Gasteiger partial charge in [0.1, 0.15) is 0 Å². The summed E-state index contributed by atoms with van der Waals surface area (Å²) in [4.78, 5) is 16.6. The molecular weight excluding hydrogens is 380 g/mol. The molecule has 3 aromatic rings. The summed E-state index contributed by atoms with van der Waals surface area (Å²) in [6, 6.07) is 13.9. The fourth-order valence-electron chi connectivity index (χ4n) is 1.95. The summed E-state index contributed by atoms with van der Waals surface area (Å²) >= 11 is 6.54. The first-order valence-corrected chi connectivity index (χ1v) is 9.26. The molecule has 0 radical (unpaired) electrons. The number of aryl methyl sites for hydroxylation is 1. The van der Waals surface area contributed by atoms with E-state index in [9.17, 15) is 4.79 Å². The average Bonchev–Trinajstić information content (AvgIpc) is 2.91. The third-order valence-corrected chi connectivity index (χ3v) is 5.84. The largest absolute Gasteiger partial charge is 0.324 e. The Balaban J connectivity index is 1.62. The second kappa shape index (κ2) is 6.81. The lowest BCUT2D eigenvalue weighted by Gasteiger charge is -2.07. The van der Waals surface area contributed by atoms with Crippen molar-refractivity contribution in [1.82, 2.24) is 4.98 Å². The van der Waals surface area contributed by atoms with Crippen molar-refractivity contribution < 1.29 is 4.79 Å². The van der Waals surface area contributed by atoms with Gasteiger partial charge in [0.05, 0.1) is 21.7 Å². The summed E-state index contributed by atoms with van der Waals surface area (Å²) in [5.41, 5.74) is 2.92. The van der Waals surface area contributed by atoms with Gasteiger partial charge in [0.25, 0.3) is 0 Å². The van der Waals surface area contributed by atoms with E-state index in [2.05, 4.69) is 26.2 Å². The molecule has 1 amide bonds. The molecule has 0 aliphatic heterocycles. The summed E-state index contributed by atoms with van der Waals surface area (Å²) in [6.07, 6.45) is 0. The van der Waals surface area contributed by atoms with Gasteiger partial charge in [-0.3, -0.25) is 4.79 Å². The van der Waals surface area contributed by atoms with Crippen molar-refractivity contribution in [2.45, 2.75) is 11.3 Å². The first-order chi connectivity index (χ1) is 10.6. The maximum atomic E-state index is 12.1. The minimum absolute atomic E-state index is 0.0335. The molecule has 22 heavy (non-hydrogen) atoms. The molecule has 0 saturated heterocycles. The van der Waals surface area contributed by atoms with E-state index in [1.54, 1.807) is 11.3 Å². The molecule has 0 fully saturated rings. The van der Waals surface area contributed by atoms with Crippen molar-refractivity contribution in [3.8, 4) is 0 Å². The normalized spacial score (nSPS) is 10.8. The Bertz CT molecular complexity index is 799. The number of anilines is 1. The highest BCUT2D eigenvalue weighted by atomic mass is 79.9. The van der Waals surface area contributed by atoms with Gasteiger partial charge in [0.2, 0.25) is 5.91 Å². The van der Waals surface area contributed by atoms with Crippen LogP contribution in [0.15, 0.2) is 51.3 Å². The number of hydrogen-bond acceptors (Lipinski definition) is 4. The zero-order valence-corrected chi connectivity index (χ0v) is 15.0. The van der Waals surface area contributed by atoms with E-state index >= 15 is 0 Å². The topological polar surface area (TPSA) is 42.0 Å². The van der Waals surface area contributed by atoms with Crippen molar-refractivity contribution in [3.63, 3.8) is 0 Å². The first kappa shape index (κ1) is 15.5. The molecule has 2 aromatic carbocycles. The molecule has 1 N–H and O–H groups in total. The predicted octanol–water partition coefficient (Wildman–Crippen LogP) is 5.10. The minimum Gasteiger partial charge on any atom is -0.324 e. The smallest absolute Gasteiger partial charge is 0.234 e. The lowest BCUT2D eigenvalue weighted by Crippen LogP contribution is -2.14. The summed E-state index contributed by atoms with van der Waals surface area (Å²) in [6.45, 7) is 2.01. The van der Waals surface area contributed by atoms with E-state index in [0.717, 1.165) is 30.3 Å². The number of carbonyl (C=O) groups is 1. The van der Waals surface area contributed by atoms with Crippen LogP contribution in [-0.4, -0.2) is 16.6 Å². The molecule has 0 atom stereocenters. The first-order valence-electron chi connectivity index (χ1n) is 6.66. The maximum absolute atomic E-state index is 12.1. The van der Waals surface area contributed by atoms with Crippen LogP contribution in [0.5, 0.6) is 0 Å². The Hall–Kier alpha value is -1.37. The lowest BCUT2D eigenvalue weighted by molar-refractivity contribution is -0.113. The molecule has 0 unspecified atom stereocenters. The molecule has 112 valence electrons. The van der Waals surface area contributed by atoms with Gasteiger partial charge in [0, 0.05) is 4.47 Å². The Kier molecular flexibility index (Phi) is 4.81. The molecule has 0 spiro atoms. The van der Waals surface area contributed by atoms with E-state index < -0.39 is 0 Å². The molecule has 0 aliphatic rings. The van der Waals surface area contributed by atoms with Crippen LogP contribution in [0.2, 0.25) is 0 Å². The number of amides is 1. The minimum atomic E-state index is -0.0335. The van der Waals surface area contributed by atoms with Crippen molar-refractivity contribution in [1.29, 1.82) is 0 Å². The number of thioether (sulfide) groups is 1. The number of thiazole rings is 1. The van der Waals surface area contributed by atoms with E-state index in [1.165, 1.54) is 11.8 Å². The fraction of sp³-hybridized carbons (Fsp3) is 0.125. The lowest BCUT2D eigenvalue weighted by atomic mass is 10.2. The third-order valence-electron chi connectivity index (χ3n) is 3.00. The Labute approximate surface area is 145 Å². The van der Waals surface area contributed by atoms with Crippen LogP contribution in [0.4, 0.5) is 5.69 Å². The van der Waals surface area contributed by atoms with Gasteiger partial charge < -0.3 is 5.32 Å². The summed E-state index contributed by atoms with van der Waals surface area (Å²) in [5, 5.41) is 2.91. The number of para-hydroxylation sites is 1. The fourth-order valence-corrected chi connectivity index (χ4v) is 4.41. The van der Waals surface area contributed by atoms with E-state index in [-0.39, 0.29) is 5.91 Å². The summed E-state index contributed by atoms with van der Waals surface area (Å²) in [5.74, 6) is 0.314. The van der Waals surface area contributed by atoms with Crippen LogP contribution in [-0.2, 0) is 4.79 Å². The van der Waals surface area contributed by atoms with Crippen molar-refractivity contribution in [2.24, 2.45) is 0 Å². The zero-order valence-electron chi connectivity index (χ0n) is 11.8. The molecule has 1 heterocycles. The highest BCUT2D eigenvalue weighted by Crippen LogP contribution is 2.29. The van der Waals surface area contributed by atoms with E-state index in [0.29, 0.717) is 5.75 Å². The number of nitrogens with one attached hydrogen (secondary N) is 1. The Morgan fingerprint density at radius 3 is 2.91 bits per heavy atom. The van der Waals surface area contributed by atoms with Gasteiger partial charge in [-0.1, -0.05) is 30.0 Å². The second-order valence-electron chi connectivity index (χ2n) is 4.77. The standard InChI is InChI=1S/C16H13BrN2OS2/c1-10-6-7-12(11(17)8-10)18-15(20)9-21-16-19-13-4-2-3-5-14(13)22-16/h2-8H,9H2,1H3,(H,18,20). The summed E-state index contributed by atoms with van der Waals surface area (Å²) < 4.78 is 2.96. The van der Waals surface area contributed by atoms with Crippen molar-refractivity contribution in [2.75, 3.05) is 11.1 Å². The van der Waals surface area contributed by atoms with Crippen LogP contribution in [0.25, 0.3) is 10.2 Å². The highest BCUT2D eigenvalue weighted by Gasteiger charge is 2.09. The number of aromatic nitrogens is 1. The third kappa shape index (κ3) is 3.69. The monoisotopic (exact) mass is 392 g/mol. The Morgan fingerprint density at radius 2 is 2.14 bits per heavy atom. The predicted molar refractivity (Wildman–Crippen MR) is 97.9 cm³/mol. The number of carbonyl (C=O) groups excluding carboxylic acids is 1. The van der Waals surface area contributed by atoms with Crippen LogP contribution in [0.1, 0.15) is 5.56 Å². The van der Waals surface area contributed by atoms with Crippen LogP contribution in [0.3, 0.4) is 0 Å². The zero-order chi connectivity index (χ0) is 15.5. The summed E-state index contributed by atoms with van der Waals surface area (Å²) in [7, 11) is 0. The Morgan fingerprint density at radius 1 is 1.32 bits per heavy atom. The molecule has 0 bridgehead atoms. The van der Waals surface area contributed by atoms with Crippen molar-refractivity contribution >= 4 is 60.8 Å². The van der Waals surface area contributed by atoms with Gasteiger partial charge in [0.15, 0.2) is 4.34 Å². The molecular formula is C16H13BrN2OS2. The van der Waals surface area contributed by atoms with Crippen molar-refractivity contribution in [3.05, 3.63) is 52.5 Å². The molecule has 6 heteroatoms. The number of nitrogens with zero attached hydrogens (tertiary/aromatic N) is 1. The van der Waals surface area contributed by atoms with Crippen LogP contribution >= 0.6 is 39.0 Å². The van der Waals surface area contributed by atoms with Crippen LogP contribution in [0, 0.1) is 6.92 Å². The van der Waals surface area contributed by atoms with Gasteiger partial charge >= 0.3 is 0 Å². The van der Waals surface area contributed by atoms with Gasteiger partial charge in [-0.15, -0.1) is 11.3 Å². The number of rotatable bonds is 4. The molecule has 0 aliphatic carbocycles. The second-order valence-corrected chi connectivity index (χ2v) is 7.88. The maximum Gasteiger partial charge on any atom is 0.234 e. The highest BCUT2D eigenvalue weighted by molar-refractivity contribution is 9.10. The van der Waals surface area contributed by atoms with Gasteiger partial charge in [-0.25, -0.2) is 4.98 Å². The molecule has 3 rings (SSSR count). The van der Waals surface area contributed by atoms with Gasteiger partial charge in [-0.2, -0.15) is 0 Å².